The molecule has 0 aromatic heterocycles. The normalized spacial score (nSPS) is 45.3. The van der Waals surface area contributed by atoms with Gasteiger partial charge in [0.25, 0.3) is 0 Å². The topological polar surface area (TPSA) is 91.7 Å². The van der Waals surface area contributed by atoms with E-state index in [0.29, 0.717) is 12.8 Å². The molecule has 0 amide bonds. The molecular weight excluding hydrogens is 368 g/mol. The average molecular weight is 395 g/mol. The van der Waals surface area contributed by atoms with Crippen molar-refractivity contribution in [2.45, 2.75) is 51.6 Å². The summed E-state index contributed by atoms with van der Waals surface area (Å²) in [5, 5.41) is 20.5. The molecule has 4 aliphatic rings. The van der Waals surface area contributed by atoms with Crippen LogP contribution < -0.4 is 0 Å². The van der Waals surface area contributed by atoms with Crippen LogP contribution in [0.5, 0.6) is 0 Å². The number of fused-ring (bicyclic) bond motifs is 5. The highest BCUT2D eigenvalue weighted by atomic mass is 35.5. The summed E-state index contributed by atoms with van der Waals surface area (Å²) in [5.74, 6) is -0.590. The van der Waals surface area contributed by atoms with Gasteiger partial charge in [0.05, 0.1) is 0 Å². The van der Waals surface area contributed by atoms with Crippen LogP contribution in [0.15, 0.2) is 23.8 Å². The largest absolute Gasteiger partial charge is 0.388 e. The van der Waals surface area contributed by atoms with E-state index in [1.807, 2.05) is 19.9 Å². The van der Waals surface area contributed by atoms with E-state index in [4.69, 9.17) is 0 Å². The number of carbonyl (C=O) groups excluding carboxylic acids is 3. The van der Waals surface area contributed by atoms with Crippen molar-refractivity contribution in [2.75, 3.05) is 6.61 Å². The maximum Gasteiger partial charge on any atom is 0.190 e. The third kappa shape index (κ3) is 2.48. The molecule has 2 N–H and O–H groups in total. The molecular formula is C21H27ClO5. The van der Waals surface area contributed by atoms with Gasteiger partial charge in [-0.25, -0.2) is 0 Å². The fraction of sp³-hybridized carbons (Fsp3) is 0.667. The molecule has 4 aliphatic carbocycles. The van der Waals surface area contributed by atoms with Gasteiger partial charge in [-0.05, 0) is 49.7 Å². The molecule has 0 saturated heterocycles. The predicted octanol–water partition coefficient (Wildman–Crippen LogP) is 2.19. The van der Waals surface area contributed by atoms with Gasteiger partial charge in [-0.2, -0.15) is 0 Å². The van der Waals surface area contributed by atoms with Crippen LogP contribution in [0, 0.1) is 28.6 Å². The molecule has 3 fully saturated rings. The zero-order valence-corrected chi connectivity index (χ0v) is 16.6. The number of aliphatic hydroxyl groups is 2. The Morgan fingerprint density at radius 3 is 2.63 bits per heavy atom. The molecule has 6 atom stereocenters. The number of hydrogen-bond acceptors (Lipinski definition) is 5. The zero-order valence-electron chi connectivity index (χ0n) is 15.7. The minimum Gasteiger partial charge on any atom is -0.388 e. The van der Waals surface area contributed by atoms with Crippen molar-refractivity contribution in [3.63, 3.8) is 0 Å². The average Bonchev–Trinajstić information content (AvgIpc) is 2.86. The van der Waals surface area contributed by atoms with Crippen molar-refractivity contribution in [3.05, 3.63) is 23.8 Å². The molecule has 148 valence electrons. The zero-order chi connectivity index (χ0) is 18.9. The van der Waals surface area contributed by atoms with E-state index in [1.54, 1.807) is 12.2 Å². The first-order chi connectivity index (χ1) is 12.2. The molecule has 0 unspecified atom stereocenters. The lowest BCUT2D eigenvalue weighted by Crippen LogP contribution is -2.60. The molecule has 27 heavy (non-hydrogen) atoms. The van der Waals surface area contributed by atoms with Crippen molar-refractivity contribution >= 4 is 29.8 Å². The van der Waals surface area contributed by atoms with Crippen LogP contribution >= 0.6 is 12.4 Å². The van der Waals surface area contributed by atoms with Crippen LogP contribution in [0.2, 0.25) is 0 Å². The van der Waals surface area contributed by atoms with Crippen molar-refractivity contribution in [1.82, 2.24) is 0 Å². The van der Waals surface area contributed by atoms with E-state index in [2.05, 4.69) is 0 Å². The molecule has 0 spiro atoms. The number of rotatable bonds is 2. The van der Waals surface area contributed by atoms with E-state index in [0.717, 1.165) is 18.4 Å². The van der Waals surface area contributed by atoms with Crippen molar-refractivity contribution in [2.24, 2.45) is 28.6 Å². The summed E-state index contributed by atoms with van der Waals surface area (Å²) in [6.45, 7) is 3.19. The van der Waals surface area contributed by atoms with E-state index in [9.17, 15) is 24.6 Å². The number of hydrogen-bond donors (Lipinski definition) is 2. The smallest absolute Gasteiger partial charge is 0.190 e. The van der Waals surface area contributed by atoms with Gasteiger partial charge >= 0.3 is 0 Å². The number of aliphatic hydroxyl groups excluding tert-OH is 1. The van der Waals surface area contributed by atoms with Gasteiger partial charge in [0, 0.05) is 23.2 Å². The highest BCUT2D eigenvalue weighted by Gasteiger charge is 2.68. The third-order valence-corrected chi connectivity index (χ3v) is 8.01. The Balaban J connectivity index is 0.00000210. The van der Waals surface area contributed by atoms with E-state index in [-0.39, 0.29) is 48.1 Å². The van der Waals surface area contributed by atoms with E-state index in [1.165, 1.54) is 0 Å². The monoisotopic (exact) mass is 394 g/mol. The second-order valence-corrected chi connectivity index (χ2v) is 9.02. The molecule has 0 bridgehead atoms. The summed E-state index contributed by atoms with van der Waals surface area (Å²) in [7, 11) is 0. The summed E-state index contributed by atoms with van der Waals surface area (Å²) in [6.07, 6.45) is 7.82. The van der Waals surface area contributed by atoms with Crippen LogP contribution in [-0.2, 0) is 14.4 Å². The lowest BCUT2D eigenvalue weighted by molar-refractivity contribution is -0.168. The molecule has 4 rings (SSSR count). The fourth-order valence-corrected chi connectivity index (χ4v) is 6.62. The fourth-order valence-electron chi connectivity index (χ4n) is 6.62. The highest BCUT2D eigenvalue weighted by molar-refractivity contribution is 6.02. The van der Waals surface area contributed by atoms with Crippen molar-refractivity contribution in [3.8, 4) is 0 Å². The molecule has 0 radical (unpaired) electrons. The Hall–Kier alpha value is -1.30. The van der Waals surface area contributed by atoms with Crippen LogP contribution in [0.4, 0.5) is 0 Å². The predicted molar refractivity (Wildman–Crippen MR) is 101 cm³/mol. The molecule has 0 aliphatic heterocycles. The second-order valence-electron chi connectivity index (χ2n) is 9.02. The van der Waals surface area contributed by atoms with Gasteiger partial charge in [-0.1, -0.05) is 25.5 Å². The number of halogens is 1. The molecule has 3 saturated carbocycles. The summed E-state index contributed by atoms with van der Waals surface area (Å²) in [5.41, 5.74) is -1.86. The van der Waals surface area contributed by atoms with Crippen LogP contribution in [0.1, 0.15) is 46.0 Å². The first-order valence-electron chi connectivity index (χ1n) is 9.51. The Labute approximate surface area is 165 Å². The molecule has 6 heteroatoms. The number of Topliss-reactive ketones (excluding diaryl/α,β-unsaturated/α-hetero) is 2. The first-order valence-corrected chi connectivity index (χ1v) is 9.51. The van der Waals surface area contributed by atoms with Gasteiger partial charge in [0.2, 0.25) is 0 Å². The second kappa shape index (κ2) is 6.36. The molecule has 0 heterocycles. The standard InChI is InChI=1S/C21H26O5.ClH/c1-19-7-5-13(23)9-12(19)3-4-14-15-6-8-21(26,17(25)11-22)20(15,2)10-16(24)18(14)19;/h5,7,9,14-15,18,22,26H,3-4,6,8,10-11H2,1-2H3;1H/t14-,15-,18+,19-,20-,21-;/m0./s1. The number of carbonyl (C=O) groups is 3. The van der Waals surface area contributed by atoms with Crippen LogP contribution in [0.25, 0.3) is 0 Å². The number of allylic oxidation sites excluding steroid dienone is 4. The van der Waals surface area contributed by atoms with Crippen LogP contribution in [-0.4, -0.2) is 39.8 Å². The summed E-state index contributed by atoms with van der Waals surface area (Å²) >= 11 is 0. The Morgan fingerprint density at radius 1 is 1.26 bits per heavy atom. The Kier molecular flexibility index (Phi) is 4.81. The summed E-state index contributed by atoms with van der Waals surface area (Å²) in [6, 6.07) is 0. The Morgan fingerprint density at radius 2 is 1.96 bits per heavy atom. The minimum absolute atomic E-state index is 0. The third-order valence-electron chi connectivity index (χ3n) is 8.01. The minimum atomic E-state index is -1.62. The van der Waals surface area contributed by atoms with Gasteiger partial charge in [0.15, 0.2) is 11.6 Å². The molecule has 0 aromatic rings. The van der Waals surface area contributed by atoms with Crippen LogP contribution in [0.3, 0.4) is 0 Å². The lowest BCUT2D eigenvalue weighted by Gasteiger charge is -2.56. The van der Waals surface area contributed by atoms with E-state index < -0.39 is 28.8 Å². The SMILES string of the molecule is C[C@]12C=CC(=O)C=C1CC[C@@H]1[C@@H]2C(=O)C[C@@]2(C)[C@H]1CC[C@]2(O)C(=O)CO.Cl. The highest BCUT2D eigenvalue weighted by Crippen LogP contribution is 2.66. The maximum absolute atomic E-state index is 13.3. The molecule has 5 nitrogen and oxygen atoms in total. The van der Waals surface area contributed by atoms with Gasteiger partial charge in [-0.15, -0.1) is 12.4 Å². The first kappa shape index (κ1) is 20.4. The van der Waals surface area contributed by atoms with Crippen molar-refractivity contribution in [1.29, 1.82) is 0 Å². The summed E-state index contributed by atoms with van der Waals surface area (Å²) < 4.78 is 0. The lowest BCUT2D eigenvalue weighted by atomic mass is 9.46. The summed E-state index contributed by atoms with van der Waals surface area (Å²) in [4.78, 5) is 37.4. The Bertz CT molecular complexity index is 771. The molecule has 0 aromatic carbocycles. The van der Waals surface area contributed by atoms with Crippen molar-refractivity contribution < 1.29 is 24.6 Å². The maximum atomic E-state index is 13.3. The van der Waals surface area contributed by atoms with Gasteiger partial charge in [0.1, 0.15) is 18.0 Å². The number of ketones is 3. The van der Waals surface area contributed by atoms with Gasteiger partial charge < -0.3 is 10.2 Å². The van der Waals surface area contributed by atoms with Gasteiger partial charge in [-0.3, -0.25) is 14.4 Å². The quantitative estimate of drug-likeness (QED) is 0.749. The van der Waals surface area contributed by atoms with E-state index >= 15 is 0 Å².